The van der Waals surface area contributed by atoms with Gasteiger partial charge < -0.3 is 5.32 Å². The van der Waals surface area contributed by atoms with Crippen LogP contribution >= 0.6 is 0 Å². The molecule has 0 spiro atoms. The van der Waals surface area contributed by atoms with Crippen molar-refractivity contribution in [3.05, 3.63) is 52.6 Å². The Labute approximate surface area is 180 Å². The van der Waals surface area contributed by atoms with E-state index >= 15 is 0 Å². The van der Waals surface area contributed by atoms with E-state index in [1.165, 1.54) is 17.6 Å². The second-order valence-corrected chi connectivity index (χ2v) is 10.2. The minimum Gasteiger partial charge on any atom is -0.388 e. The highest BCUT2D eigenvalue weighted by atomic mass is 16.1. The number of ketones is 2. The molecule has 30 heavy (non-hydrogen) atoms. The molecular formula is C27H33NO2. The summed E-state index contributed by atoms with van der Waals surface area (Å²) >= 11 is 0. The van der Waals surface area contributed by atoms with Crippen LogP contribution in [0.1, 0.15) is 70.3 Å². The molecule has 0 bridgehead atoms. The molecular weight excluding hydrogens is 370 g/mol. The molecule has 3 heteroatoms. The highest BCUT2D eigenvalue weighted by molar-refractivity contribution is 5.98. The van der Waals surface area contributed by atoms with Crippen molar-refractivity contribution in [3.63, 3.8) is 0 Å². The van der Waals surface area contributed by atoms with Crippen molar-refractivity contribution in [3.8, 4) is 0 Å². The molecule has 1 N–H and O–H groups in total. The van der Waals surface area contributed by atoms with E-state index in [0.717, 1.165) is 49.8 Å². The first-order chi connectivity index (χ1) is 14.4. The van der Waals surface area contributed by atoms with Gasteiger partial charge in [-0.3, -0.25) is 9.59 Å². The lowest BCUT2D eigenvalue weighted by Crippen LogP contribution is -2.42. The number of carbonyl (C=O) groups excluding carboxylic acids is 2. The van der Waals surface area contributed by atoms with Gasteiger partial charge in [-0.2, -0.15) is 0 Å². The second-order valence-electron chi connectivity index (χ2n) is 10.2. The molecule has 4 aliphatic rings. The smallest absolute Gasteiger partial charge is 0.163 e. The molecule has 0 aliphatic heterocycles. The minimum absolute atomic E-state index is 0.0530. The lowest BCUT2D eigenvalue weighted by molar-refractivity contribution is -0.125. The molecule has 2 fully saturated rings. The van der Waals surface area contributed by atoms with Gasteiger partial charge in [-0.15, -0.1) is 0 Å². The van der Waals surface area contributed by atoms with Gasteiger partial charge >= 0.3 is 0 Å². The molecule has 2 saturated carbocycles. The van der Waals surface area contributed by atoms with E-state index in [1.807, 2.05) is 13.1 Å². The molecule has 5 rings (SSSR count). The standard InChI is InChI=1S/C27H33NO2/c1-16(29)24-10-11-25-21-9-6-18-14-26(30)23(17-4-7-19(28-3)8-5-17)15-22(18)20(21)12-13-27(24,25)2/h4-5,7-8,14,21,23-25,28H,6,9-13,15H2,1-3H3/t21-,23?,24-,25+,27-/m1/s1. The van der Waals surface area contributed by atoms with Gasteiger partial charge in [0.15, 0.2) is 5.78 Å². The summed E-state index contributed by atoms with van der Waals surface area (Å²) in [5.41, 5.74) is 6.80. The first-order valence-corrected chi connectivity index (χ1v) is 11.7. The summed E-state index contributed by atoms with van der Waals surface area (Å²) in [7, 11) is 1.92. The summed E-state index contributed by atoms with van der Waals surface area (Å²) in [6.07, 6.45) is 9.48. The van der Waals surface area contributed by atoms with E-state index < -0.39 is 0 Å². The van der Waals surface area contributed by atoms with Crippen LogP contribution in [0.4, 0.5) is 5.69 Å². The molecule has 1 unspecified atom stereocenters. The highest BCUT2D eigenvalue weighted by Gasteiger charge is 2.54. The zero-order valence-corrected chi connectivity index (χ0v) is 18.5. The van der Waals surface area contributed by atoms with Crippen LogP contribution in [-0.2, 0) is 9.59 Å². The Bertz CT molecular complexity index is 954. The summed E-state index contributed by atoms with van der Waals surface area (Å²) in [5.74, 6) is 2.10. The number of benzene rings is 1. The molecule has 4 aliphatic carbocycles. The van der Waals surface area contributed by atoms with Crippen molar-refractivity contribution in [1.29, 1.82) is 0 Å². The van der Waals surface area contributed by atoms with Crippen molar-refractivity contribution in [2.75, 3.05) is 12.4 Å². The van der Waals surface area contributed by atoms with Crippen molar-refractivity contribution >= 4 is 17.3 Å². The van der Waals surface area contributed by atoms with Gasteiger partial charge in [0.25, 0.3) is 0 Å². The largest absolute Gasteiger partial charge is 0.388 e. The SMILES string of the molecule is CNc1ccc(C2CC3=C4CC[C@]5(C)[C@@H](C(C)=O)CC[C@H]5[C@@H]4CCC3=CC2=O)cc1. The van der Waals surface area contributed by atoms with Gasteiger partial charge in [0.1, 0.15) is 5.78 Å². The normalized spacial score (nSPS) is 35.3. The molecule has 1 aromatic carbocycles. The van der Waals surface area contributed by atoms with Gasteiger partial charge in [0, 0.05) is 18.7 Å². The molecule has 0 aromatic heterocycles. The third-order valence-electron chi connectivity index (χ3n) is 8.94. The molecule has 0 saturated heterocycles. The summed E-state index contributed by atoms with van der Waals surface area (Å²) in [6, 6.07) is 8.34. The number of nitrogens with one attached hydrogen (secondary N) is 1. The lowest BCUT2D eigenvalue weighted by atomic mass is 9.55. The van der Waals surface area contributed by atoms with Crippen molar-refractivity contribution in [2.45, 2.75) is 64.7 Å². The number of carbonyl (C=O) groups is 2. The molecule has 0 heterocycles. The van der Waals surface area contributed by atoms with Crippen LogP contribution in [0, 0.1) is 23.2 Å². The van der Waals surface area contributed by atoms with E-state index in [4.69, 9.17) is 0 Å². The Morgan fingerprint density at radius 2 is 1.87 bits per heavy atom. The van der Waals surface area contributed by atoms with E-state index in [2.05, 4.69) is 36.5 Å². The Morgan fingerprint density at radius 1 is 1.10 bits per heavy atom. The van der Waals surface area contributed by atoms with Crippen molar-refractivity contribution < 1.29 is 9.59 Å². The van der Waals surface area contributed by atoms with Crippen LogP contribution < -0.4 is 5.32 Å². The number of hydrogen-bond donors (Lipinski definition) is 1. The van der Waals surface area contributed by atoms with Crippen molar-refractivity contribution in [1.82, 2.24) is 0 Å². The summed E-state index contributed by atoms with van der Waals surface area (Å²) in [4.78, 5) is 25.3. The average molecular weight is 404 g/mol. The quantitative estimate of drug-likeness (QED) is 0.690. The molecule has 0 radical (unpaired) electrons. The van der Waals surface area contributed by atoms with Crippen LogP contribution in [0.25, 0.3) is 0 Å². The van der Waals surface area contributed by atoms with Gasteiger partial charge in [-0.25, -0.2) is 0 Å². The number of rotatable bonds is 3. The number of hydrogen-bond acceptors (Lipinski definition) is 3. The van der Waals surface area contributed by atoms with E-state index in [0.29, 0.717) is 17.6 Å². The molecule has 0 amide bonds. The minimum atomic E-state index is -0.0530. The van der Waals surface area contributed by atoms with E-state index in [9.17, 15) is 9.59 Å². The first-order valence-electron chi connectivity index (χ1n) is 11.7. The molecule has 5 atom stereocenters. The predicted octanol–water partition coefficient (Wildman–Crippen LogP) is 5.83. The Balaban J connectivity index is 1.48. The van der Waals surface area contributed by atoms with Crippen LogP contribution in [0.5, 0.6) is 0 Å². The third-order valence-corrected chi connectivity index (χ3v) is 8.94. The van der Waals surface area contributed by atoms with E-state index in [1.54, 1.807) is 12.5 Å². The zero-order valence-electron chi connectivity index (χ0n) is 18.5. The lowest BCUT2D eigenvalue weighted by Gasteiger charge is -2.49. The fourth-order valence-electron chi connectivity index (χ4n) is 7.37. The number of Topliss-reactive ketones (excluding diaryl/α,β-unsaturated/α-hetero) is 1. The number of allylic oxidation sites excluding steroid dienone is 4. The van der Waals surface area contributed by atoms with Gasteiger partial charge in [0.2, 0.25) is 0 Å². The van der Waals surface area contributed by atoms with Crippen LogP contribution in [0.2, 0.25) is 0 Å². The van der Waals surface area contributed by atoms with Gasteiger partial charge in [-0.1, -0.05) is 24.6 Å². The van der Waals surface area contributed by atoms with E-state index in [-0.39, 0.29) is 23.0 Å². The maximum atomic E-state index is 13.0. The Kier molecular flexibility index (Phi) is 4.76. The third kappa shape index (κ3) is 2.92. The van der Waals surface area contributed by atoms with Crippen LogP contribution in [0.15, 0.2) is 47.1 Å². The molecule has 158 valence electrons. The maximum absolute atomic E-state index is 13.0. The van der Waals surface area contributed by atoms with Gasteiger partial charge in [-0.05, 0) is 104 Å². The fraction of sp³-hybridized carbons (Fsp3) is 0.556. The second kappa shape index (κ2) is 7.21. The van der Waals surface area contributed by atoms with Crippen molar-refractivity contribution in [2.24, 2.45) is 23.2 Å². The predicted molar refractivity (Wildman–Crippen MR) is 120 cm³/mol. The maximum Gasteiger partial charge on any atom is 0.163 e. The number of anilines is 1. The Hall–Kier alpha value is -2.16. The zero-order chi connectivity index (χ0) is 21.0. The molecule has 1 aromatic rings. The van der Waals surface area contributed by atoms with Gasteiger partial charge in [0.05, 0.1) is 5.92 Å². The highest BCUT2D eigenvalue weighted by Crippen LogP contribution is 2.62. The first kappa shape index (κ1) is 19.8. The topological polar surface area (TPSA) is 46.2 Å². The monoisotopic (exact) mass is 403 g/mol. The van der Waals surface area contributed by atoms with Crippen LogP contribution in [-0.4, -0.2) is 18.6 Å². The Morgan fingerprint density at radius 3 is 2.57 bits per heavy atom. The summed E-state index contributed by atoms with van der Waals surface area (Å²) in [6.45, 7) is 4.19. The summed E-state index contributed by atoms with van der Waals surface area (Å²) in [5, 5.41) is 3.16. The summed E-state index contributed by atoms with van der Waals surface area (Å²) < 4.78 is 0. The molecule has 3 nitrogen and oxygen atoms in total. The average Bonchev–Trinajstić information content (AvgIpc) is 3.10. The number of fused-ring (bicyclic) bond motifs is 4. The fourth-order valence-corrected chi connectivity index (χ4v) is 7.37. The van der Waals surface area contributed by atoms with Crippen LogP contribution in [0.3, 0.4) is 0 Å².